The summed E-state index contributed by atoms with van der Waals surface area (Å²) in [6, 6.07) is 7.90. The van der Waals surface area contributed by atoms with Crippen LogP contribution in [0.5, 0.6) is 23.0 Å². The van der Waals surface area contributed by atoms with Crippen molar-refractivity contribution in [2.24, 2.45) is 0 Å². The molecule has 3 heterocycles. The molecule has 2 aromatic rings. The van der Waals surface area contributed by atoms with E-state index in [9.17, 15) is 61.0 Å². The molecular weight excluding hydrogens is 712 g/mol. The number of ether oxygens (including phenoxy) is 7. The van der Waals surface area contributed by atoms with E-state index in [1.807, 2.05) is 0 Å². The molecule has 3 aliphatic rings. The van der Waals surface area contributed by atoms with Gasteiger partial charge in [-0.05, 0) is 54.8 Å². The Labute approximate surface area is 302 Å². The molecule has 0 bridgehead atoms. The fraction of sp³-hybridized carbons (Fsp3) is 0.559. The maximum absolute atomic E-state index is 12.7. The largest absolute Gasteiger partial charge is 0.504 e. The Morgan fingerprint density at radius 2 is 1.51 bits per heavy atom. The van der Waals surface area contributed by atoms with Crippen molar-refractivity contribution in [3.8, 4) is 23.0 Å². The van der Waals surface area contributed by atoms with Crippen LogP contribution >= 0.6 is 0 Å². The molecule has 0 spiro atoms. The molecule has 11 N–H and O–H groups in total. The number of carbonyl (C=O) groups is 1. The molecule has 0 aromatic heterocycles. The molecule has 3 fully saturated rings. The van der Waals surface area contributed by atoms with Crippen molar-refractivity contribution in [3.05, 3.63) is 53.6 Å². The van der Waals surface area contributed by atoms with Crippen LogP contribution in [0.15, 0.2) is 42.5 Å². The number of rotatable bonds is 13. The van der Waals surface area contributed by atoms with E-state index in [4.69, 9.17) is 33.2 Å². The second-order valence-corrected chi connectivity index (χ2v) is 13.0. The lowest BCUT2D eigenvalue weighted by atomic mass is 9.96. The SMILES string of the molecule is C[C@@H]1O[C@@H](O[C@H]2[C@H](O)[C@@H](COC(=O)/C=C/c3ccc(O)c(O)c3)O[C@@H](OCCc3ccc(O)c(O)c3)[C@@H]2O[C@@H]2OC[C@](O)(CO)[C@@H]2O)[C@H](O)[C@H](O)[C@H]1O. The smallest absolute Gasteiger partial charge is 0.330 e. The Kier molecular flexibility index (Phi) is 13.2. The van der Waals surface area contributed by atoms with Crippen molar-refractivity contribution in [3.63, 3.8) is 0 Å². The molecule has 5 rings (SSSR count). The third-order valence-electron chi connectivity index (χ3n) is 9.10. The van der Waals surface area contributed by atoms with Gasteiger partial charge < -0.3 is 89.3 Å². The average Bonchev–Trinajstić information content (AvgIpc) is 3.42. The molecule has 0 saturated carbocycles. The molecule has 0 amide bonds. The van der Waals surface area contributed by atoms with Crippen LogP contribution in [0.4, 0.5) is 0 Å². The quantitative estimate of drug-likeness (QED) is 0.0569. The molecule has 0 unspecified atom stereocenters. The number of aliphatic hydroxyl groups excluding tert-OH is 6. The standard InChI is InChI=1S/C34H44O19/c1-15-24(41)26(43)27(44)31(50-15)52-28-25(42)22(12-48-23(40)7-4-16-2-5-18(36)20(38)10-16)51-32(47-9-8-17-3-6-19(37)21(39)11-17)29(28)53-33-30(45)34(46,13-35)14-49-33/h2-7,10-11,15,22,24-33,35-39,41-46H,8-9,12-14H2,1H3/b7-4+/t15-,22+,24-,25+,26+,27+,28-,29+,30+,31-,32+,33-,34+/m0/s1. The number of phenolic OH excluding ortho intramolecular Hbond substituents is 4. The molecular formula is C34H44O19. The van der Waals surface area contributed by atoms with E-state index in [1.54, 1.807) is 0 Å². The highest BCUT2D eigenvalue weighted by atomic mass is 16.8. The maximum atomic E-state index is 12.7. The summed E-state index contributed by atoms with van der Waals surface area (Å²) in [5, 5.41) is 113. The van der Waals surface area contributed by atoms with Crippen LogP contribution in [-0.2, 0) is 44.4 Å². The first kappa shape index (κ1) is 40.5. The van der Waals surface area contributed by atoms with Gasteiger partial charge in [-0.1, -0.05) is 12.1 Å². The highest BCUT2D eigenvalue weighted by Crippen LogP contribution is 2.35. The lowest BCUT2D eigenvalue weighted by molar-refractivity contribution is -0.375. The van der Waals surface area contributed by atoms with Crippen LogP contribution < -0.4 is 0 Å². The molecule has 2 aromatic carbocycles. The van der Waals surface area contributed by atoms with E-state index in [-0.39, 0.29) is 30.3 Å². The average molecular weight is 757 g/mol. The lowest BCUT2D eigenvalue weighted by Crippen LogP contribution is -2.65. The van der Waals surface area contributed by atoms with E-state index < -0.39 is 111 Å². The molecule has 19 nitrogen and oxygen atoms in total. The Morgan fingerprint density at radius 1 is 0.830 bits per heavy atom. The van der Waals surface area contributed by atoms with Crippen molar-refractivity contribution in [2.75, 3.05) is 26.4 Å². The number of esters is 1. The van der Waals surface area contributed by atoms with Crippen LogP contribution in [0.25, 0.3) is 6.08 Å². The third kappa shape index (κ3) is 9.35. The summed E-state index contributed by atoms with van der Waals surface area (Å²) in [7, 11) is 0. The first-order valence-corrected chi connectivity index (χ1v) is 16.6. The number of carbonyl (C=O) groups excluding carboxylic acids is 1. The highest BCUT2D eigenvalue weighted by molar-refractivity contribution is 5.87. The summed E-state index contributed by atoms with van der Waals surface area (Å²) in [6.45, 7) is -0.888. The predicted molar refractivity (Wildman–Crippen MR) is 174 cm³/mol. The first-order valence-electron chi connectivity index (χ1n) is 16.6. The van der Waals surface area contributed by atoms with Gasteiger partial charge in [-0.25, -0.2) is 4.79 Å². The minimum absolute atomic E-state index is 0.116. The maximum Gasteiger partial charge on any atom is 0.330 e. The fourth-order valence-corrected chi connectivity index (χ4v) is 5.85. The minimum Gasteiger partial charge on any atom is -0.504 e. The summed E-state index contributed by atoms with van der Waals surface area (Å²) in [5.41, 5.74) is -1.27. The Morgan fingerprint density at radius 3 is 2.17 bits per heavy atom. The van der Waals surface area contributed by atoms with E-state index in [0.29, 0.717) is 11.1 Å². The van der Waals surface area contributed by atoms with Crippen molar-refractivity contribution < 1.29 is 94.1 Å². The van der Waals surface area contributed by atoms with Gasteiger partial charge >= 0.3 is 5.97 Å². The molecule has 0 aliphatic carbocycles. The van der Waals surface area contributed by atoms with Crippen molar-refractivity contribution in [1.82, 2.24) is 0 Å². The van der Waals surface area contributed by atoms with Gasteiger partial charge in [0.15, 0.2) is 41.9 Å². The van der Waals surface area contributed by atoms with Crippen molar-refractivity contribution in [2.45, 2.75) is 92.8 Å². The van der Waals surface area contributed by atoms with Crippen LogP contribution in [0.2, 0.25) is 0 Å². The van der Waals surface area contributed by atoms with E-state index in [0.717, 1.165) is 6.08 Å². The third-order valence-corrected chi connectivity index (χ3v) is 9.10. The fourth-order valence-electron chi connectivity index (χ4n) is 5.85. The van der Waals surface area contributed by atoms with Gasteiger partial charge in [0, 0.05) is 6.08 Å². The van der Waals surface area contributed by atoms with E-state index in [2.05, 4.69) is 0 Å². The van der Waals surface area contributed by atoms with Crippen LogP contribution in [-0.4, -0.2) is 168 Å². The Balaban J connectivity index is 1.40. The van der Waals surface area contributed by atoms with Crippen LogP contribution in [0.1, 0.15) is 18.1 Å². The number of hydrogen-bond donors (Lipinski definition) is 11. The van der Waals surface area contributed by atoms with Crippen LogP contribution in [0.3, 0.4) is 0 Å². The van der Waals surface area contributed by atoms with Gasteiger partial charge in [0.2, 0.25) is 0 Å². The topological polar surface area (TPSA) is 304 Å². The Bertz CT molecular complexity index is 1570. The van der Waals surface area contributed by atoms with Gasteiger partial charge in [-0.2, -0.15) is 0 Å². The number of phenols is 4. The zero-order valence-electron chi connectivity index (χ0n) is 28.3. The predicted octanol–water partition coefficient (Wildman–Crippen LogP) is -2.55. The molecule has 19 heteroatoms. The van der Waals surface area contributed by atoms with Crippen molar-refractivity contribution in [1.29, 1.82) is 0 Å². The van der Waals surface area contributed by atoms with Crippen LogP contribution in [0, 0.1) is 0 Å². The van der Waals surface area contributed by atoms with Gasteiger partial charge in [-0.3, -0.25) is 0 Å². The summed E-state index contributed by atoms with van der Waals surface area (Å²) < 4.78 is 40.2. The Hall–Kier alpha value is -3.67. The molecule has 13 atom stereocenters. The summed E-state index contributed by atoms with van der Waals surface area (Å²) in [4.78, 5) is 12.7. The van der Waals surface area contributed by atoms with Gasteiger partial charge in [0.1, 0.15) is 61.0 Å². The summed E-state index contributed by atoms with van der Waals surface area (Å²) in [6.07, 6.45) is -17.1. The molecule has 3 saturated heterocycles. The number of aromatic hydroxyl groups is 4. The number of hydrogen-bond acceptors (Lipinski definition) is 19. The van der Waals surface area contributed by atoms with Gasteiger partial charge in [0.05, 0.1) is 25.9 Å². The highest BCUT2D eigenvalue weighted by Gasteiger charge is 2.55. The summed E-state index contributed by atoms with van der Waals surface area (Å²) >= 11 is 0. The minimum atomic E-state index is -2.13. The summed E-state index contributed by atoms with van der Waals surface area (Å²) in [5.74, 6) is -2.44. The van der Waals surface area contributed by atoms with E-state index in [1.165, 1.54) is 49.4 Å². The number of benzene rings is 2. The number of aliphatic hydroxyl groups is 7. The molecule has 0 radical (unpaired) electrons. The molecule has 294 valence electrons. The zero-order chi connectivity index (χ0) is 38.6. The molecule has 3 aliphatic heterocycles. The van der Waals surface area contributed by atoms with Crippen molar-refractivity contribution >= 4 is 12.0 Å². The monoisotopic (exact) mass is 756 g/mol. The normalized spacial score (nSPS) is 36.2. The van der Waals surface area contributed by atoms with Gasteiger partial charge in [0.25, 0.3) is 0 Å². The molecule has 53 heavy (non-hydrogen) atoms. The zero-order valence-corrected chi connectivity index (χ0v) is 28.3. The lowest BCUT2D eigenvalue weighted by Gasteiger charge is -2.47. The second kappa shape index (κ2) is 17.2. The van der Waals surface area contributed by atoms with E-state index >= 15 is 0 Å². The second-order valence-electron chi connectivity index (χ2n) is 13.0. The first-order chi connectivity index (χ1) is 25.1. The van der Waals surface area contributed by atoms with Gasteiger partial charge in [-0.15, -0.1) is 0 Å².